The molecule has 10 nitrogen and oxygen atoms in total. The number of aliphatic carboxylic acids is 2. The zero-order valence-corrected chi connectivity index (χ0v) is 22.6. The Morgan fingerprint density at radius 3 is 2.00 bits per heavy atom. The number of nitrogens with zero attached hydrogens (tertiary/aromatic N) is 2. The average Bonchev–Trinajstić information content (AvgIpc) is 2.93. The Bertz CT molecular complexity index is 1340. The monoisotopic (exact) mass is 556 g/mol. The molecule has 4 rings (SSSR count). The van der Waals surface area contributed by atoms with E-state index in [-0.39, 0.29) is 0 Å². The summed E-state index contributed by atoms with van der Waals surface area (Å²) < 4.78 is 38.9. The molecule has 3 aromatic rings. The summed E-state index contributed by atoms with van der Waals surface area (Å²) in [7, 11) is -1.81. The van der Waals surface area contributed by atoms with Crippen LogP contribution in [0.4, 0.5) is 0 Å². The minimum absolute atomic E-state index is 0.359. The van der Waals surface area contributed by atoms with Crippen molar-refractivity contribution in [2.45, 2.75) is 25.0 Å². The molecule has 2 N–H and O–H groups in total. The number of ether oxygens (including phenoxy) is 2. The summed E-state index contributed by atoms with van der Waals surface area (Å²) in [5, 5.41) is 14.8. The third-order valence-electron chi connectivity index (χ3n) is 6.04. The number of carboxylic acid groups (broad SMARTS) is 2. The van der Waals surface area contributed by atoms with Gasteiger partial charge in [-0.25, -0.2) is 18.0 Å². The van der Waals surface area contributed by atoms with Crippen LogP contribution in [0, 0.1) is 6.92 Å². The maximum absolute atomic E-state index is 12.9. The number of hydrogen-bond donors (Lipinski definition) is 2. The first-order valence-corrected chi connectivity index (χ1v) is 13.6. The van der Waals surface area contributed by atoms with Gasteiger partial charge in [0.25, 0.3) is 0 Å². The lowest BCUT2D eigenvalue weighted by Crippen LogP contribution is -2.48. The van der Waals surface area contributed by atoms with E-state index in [1.165, 1.54) is 0 Å². The maximum Gasteiger partial charge on any atom is 0.414 e. The molecule has 0 spiro atoms. The Morgan fingerprint density at radius 1 is 0.821 bits per heavy atom. The summed E-state index contributed by atoms with van der Waals surface area (Å²) >= 11 is 0. The highest BCUT2D eigenvalue weighted by atomic mass is 32.2. The van der Waals surface area contributed by atoms with Crippen LogP contribution in [0.2, 0.25) is 0 Å². The third-order valence-corrected chi connectivity index (χ3v) is 7.96. The quantitative estimate of drug-likeness (QED) is 0.401. The Morgan fingerprint density at radius 2 is 1.44 bits per heavy atom. The van der Waals surface area contributed by atoms with Crippen LogP contribution in [-0.4, -0.2) is 73.1 Å². The Labute approximate surface area is 228 Å². The van der Waals surface area contributed by atoms with Crippen molar-refractivity contribution < 1.29 is 37.7 Å². The van der Waals surface area contributed by atoms with Crippen molar-refractivity contribution in [1.29, 1.82) is 0 Å². The zero-order valence-electron chi connectivity index (χ0n) is 21.8. The van der Waals surface area contributed by atoms with E-state index in [1.807, 2.05) is 67.6 Å². The van der Waals surface area contributed by atoms with Gasteiger partial charge in [0.15, 0.2) is 11.5 Å². The number of carboxylic acids is 2. The fourth-order valence-electron chi connectivity index (χ4n) is 3.91. The minimum Gasteiger partial charge on any atom is -0.493 e. The van der Waals surface area contributed by atoms with E-state index in [4.69, 9.17) is 29.3 Å². The van der Waals surface area contributed by atoms with Crippen molar-refractivity contribution in [2.24, 2.45) is 0 Å². The number of aryl methyl sites for hydroxylation is 1. The van der Waals surface area contributed by atoms with Gasteiger partial charge in [0.1, 0.15) is 6.61 Å². The van der Waals surface area contributed by atoms with Crippen molar-refractivity contribution in [1.82, 2.24) is 9.21 Å². The normalized spacial score (nSPS) is 14.1. The average molecular weight is 557 g/mol. The first kappa shape index (κ1) is 29.6. The predicted octanol–water partition coefficient (Wildman–Crippen LogP) is 3.24. The standard InChI is InChI=1S/C26H30N2O4S.C2H2O4/c1-21-8-11-24(12-9-21)33(29,30)28-16-14-27(15-17-28)19-23-10-13-25(26(18-23)31-2)32-20-22-6-4-3-5-7-22;3-1(4)2(5)6/h3-13,18H,14-17,19-20H2,1-2H3;(H,3,4)(H,5,6). The number of carbonyl (C=O) groups is 2. The van der Waals surface area contributed by atoms with E-state index < -0.39 is 22.0 Å². The van der Waals surface area contributed by atoms with E-state index >= 15 is 0 Å². The molecule has 0 unspecified atom stereocenters. The molecule has 0 radical (unpaired) electrons. The fraction of sp³-hybridized carbons (Fsp3) is 0.286. The van der Waals surface area contributed by atoms with Crippen LogP contribution in [0.5, 0.6) is 11.5 Å². The van der Waals surface area contributed by atoms with Crippen LogP contribution >= 0.6 is 0 Å². The van der Waals surface area contributed by atoms with Crippen LogP contribution in [0.3, 0.4) is 0 Å². The maximum atomic E-state index is 12.9. The van der Waals surface area contributed by atoms with Crippen molar-refractivity contribution in [3.8, 4) is 11.5 Å². The Hall–Kier alpha value is -3.93. The summed E-state index contributed by atoms with van der Waals surface area (Å²) in [4.78, 5) is 20.8. The zero-order chi connectivity index (χ0) is 28.4. The molecule has 1 fully saturated rings. The summed E-state index contributed by atoms with van der Waals surface area (Å²) in [5.41, 5.74) is 3.25. The van der Waals surface area contributed by atoms with Gasteiger partial charge in [0, 0.05) is 32.7 Å². The SMILES string of the molecule is COc1cc(CN2CCN(S(=O)(=O)c3ccc(C)cc3)CC2)ccc1OCc1ccccc1.O=C(O)C(=O)O. The van der Waals surface area contributed by atoms with Crippen molar-refractivity contribution in [3.63, 3.8) is 0 Å². The van der Waals surface area contributed by atoms with Gasteiger partial charge in [-0.3, -0.25) is 4.90 Å². The number of benzene rings is 3. The second-order valence-electron chi connectivity index (χ2n) is 8.86. The molecule has 0 bridgehead atoms. The molecule has 0 aliphatic carbocycles. The van der Waals surface area contributed by atoms with Gasteiger partial charge in [0.2, 0.25) is 10.0 Å². The smallest absolute Gasteiger partial charge is 0.414 e. The number of hydrogen-bond acceptors (Lipinski definition) is 7. The second kappa shape index (κ2) is 13.7. The summed E-state index contributed by atoms with van der Waals surface area (Å²) in [6.07, 6.45) is 0. The van der Waals surface area contributed by atoms with Crippen LogP contribution in [0.15, 0.2) is 77.7 Å². The highest BCUT2D eigenvalue weighted by Crippen LogP contribution is 2.29. The molecule has 0 amide bonds. The van der Waals surface area contributed by atoms with E-state index in [0.717, 1.165) is 23.2 Å². The largest absolute Gasteiger partial charge is 0.493 e. The van der Waals surface area contributed by atoms with E-state index in [2.05, 4.69) is 4.90 Å². The molecule has 1 heterocycles. The Kier molecular flexibility index (Phi) is 10.4. The first-order valence-electron chi connectivity index (χ1n) is 12.2. The first-order chi connectivity index (χ1) is 18.6. The van der Waals surface area contributed by atoms with Gasteiger partial charge in [-0.1, -0.05) is 54.1 Å². The molecular formula is C28H32N2O8S. The molecule has 11 heteroatoms. The lowest BCUT2D eigenvalue weighted by molar-refractivity contribution is -0.159. The predicted molar refractivity (Wildman–Crippen MR) is 144 cm³/mol. The van der Waals surface area contributed by atoms with Crippen LogP contribution in [0.1, 0.15) is 16.7 Å². The van der Waals surface area contributed by atoms with Crippen molar-refractivity contribution in [2.75, 3.05) is 33.3 Å². The van der Waals surface area contributed by atoms with Gasteiger partial charge in [-0.15, -0.1) is 0 Å². The van der Waals surface area contributed by atoms with Gasteiger partial charge < -0.3 is 19.7 Å². The molecule has 0 aromatic heterocycles. The topological polar surface area (TPSA) is 134 Å². The molecule has 1 aliphatic rings. The lowest BCUT2D eigenvalue weighted by atomic mass is 10.1. The molecule has 0 saturated carbocycles. The number of piperazine rings is 1. The summed E-state index contributed by atoms with van der Waals surface area (Å²) in [6, 6.07) is 23.0. The second-order valence-corrected chi connectivity index (χ2v) is 10.8. The fourth-order valence-corrected chi connectivity index (χ4v) is 5.33. The number of sulfonamides is 1. The molecule has 208 valence electrons. The van der Waals surface area contributed by atoms with Gasteiger partial charge in [0.05, 0.1) is 12.0 Å². The van der Waals surface area contributed by atoms with E-state index in [1.54, 1.807) is 23.5 Å². The molecule has 1 aliphatic heterocycles. The molecule has 1 saturated heterocycles. The number of methoxy groups -OCH3 is 1. The Balaban J connectivity index is 0.000000631. The van der Waals surface area contributed by atoms with Gasteiger partial charge in [-0.05, 0) is 42.3 Å². The summed E-state index contributed by atoms with van der Waals surface area (Å²) in [5.74, 6) is -2.24. The van der Waals surface area contributed by atoms with E-state index in [9.17, 15) is 8.42 Å². The molecular weight excluding hydrogens is 524 g/mol. The highest BCUT2D eigenvalue weighted by molar-refractivity contribution is 7.89. The molecule has 39 heavy (non-hydrogen) atoms. The van der Waals surface area contributed by atoms with Crippen molar-refractivity contribution in [3.05, 3.63) is 89.5 Å². The van der Waals surface area contributed by atoms with Crippen LogP contribution < -0.4 is 9.47 Å². The number of rotatable bonds is 8. The molecule has 3 aromatic carbocycles. The van der Waals surface area contributed by atoms with E-state index in [0.29, 0.717) is 49.2 Å². The van der Waals surface area contributed by atoms with Gasteiger partial charge >= 0.3 is 11.9 Å². The third kappa shape index (κ3) is 8.54. The highest BCUT2D eigenvalue weighted by Gasteiger charge is 2.28. The molecule has 0 atom stereocenters. The minimum atomic E-state index is -3.45. The summed E-state index contributed by atoms with van der Waals surface area (Å²) in [6.45, 7) is 5.48. The van der Waals surface area contributed by atoms with Crippen molar-refractivity contribution >= 4 is 22.0 Å². The van der Waals surface area contributed by atoms with Gasteiger partial charge in [-0.2, -0.15) is 4.31 Å². The van der Waals surface area contributed by atoms with Crippen LogP contribution in [-0.2, 0) is 32.8 Å². The lowest BCUT2D eigenvalue weighted by Gasteiger charge is -2.34. The van der Waals surface area contributed by atoms with Crippen LogP contribution in [0.25, 0.3) is 0 Å².